The minimum absolute atomic E-state index is 0.0366. The number of benzene rings is 4. The average Bonchev–Trinajstić information content (AvgIpc) is 3.01. The molecule has 224 valence electrons. The lowest BCUT2D eigenvalue weighted by molar-refractivity contribution is -0.140. The van der Waals surface area contributed by atoms with Gasteiger partial charge in [0.05, 0.1) is 10.6 Å². The van der Waals surface area contributed by atoms with Crippen molar-refractivity contribution in [3.8, 4) is 0 Å². The van der Waals surface area contributed by atoms with Crippen molar-refractivity contribution in [2.24, 2.45) is 0 Å². The third-order valence-corrected chi connectivity index (χ3v) is 9.47. The van der Waals surface area contributed by atoms with Gasteiger partial charge < -0.3 is 10.2 Å². The minimum Gasteiger partial charge on any atom is -0.355 e. The highest BCUT2D eigenvalue weighted by Crippen LogP contribution is 2.29. The van der Waals surface area contributed by atoms with E-state index in [2.05, 4.69) is 5.32 Å². The second-order valence-electron chi connectivity index (χ2n) is 10.3. The van der Waals surface area contributed by atoms with E-state index in [0.717, 1.165) is 26.6 Å². The molecule has 0 aliphatic rings. The van der Waals surface area contributed by atoms with E-state index < -0.39 is 28.5 Å². The van der Waals surface area contributed by atoms with Crippen LogP contribution in [0.15, 0.2) is 108 Å². The van der Waals surface area contributed by atoms with Crippen LogP contribution in [-0.4, -0.2) is 44.3 Å². The molecule has 0 aliphatic carbocycles. The largest absolute Gasteiger partial charge is 0.355 e. The van der Waals surface area contributed by atoms with Gasteiger partial charge in [0, 0.05) is 24.5 Å². The number of nitrogens with zero attached hydrogens (tertiary/aromatic N) is 2. The Morgan fingerprint density at radius 3 is 2.09 bits per heavy atom. The molecule has 0 bridgehead atoms. The van der Waals surface area contributed by atoms with E-state index in [0.29, 0.717) is 11.6 Å². The number of halogens is 1. The SMILES string of the molecule is CCNC(=O)[C@@H](Cc1ccccc1)N(Cc1ccccc1C)C(=O)CN(c1ccc(C)c(Cl)c1)S(=O)(=O)c1ccccc1. The molecule has 0 radical (unpaired) electrons. The number of aryl methyl sites for hydroxylation is 2. The molecule has 0 spiro atoms. The van der Waals surface area contributed by atoms with Gasteiger partial charge in [-0.1, -0.05) is 90.5 Å². The van der Waals surface area contributed by atoms with Crippen LogP contribution < -0.4 is 9.62 Å². The van der Waals surface area contributed by atoms with Crippen LogP contribution in [0, 0.1) is 13.8 Å². The maximum atomic E-state index is 14.4. The average molecular weight is 618 g/mol. The summed E-state index contributed by atoms with van der Waals surface area (Å²) in [5.74, 6) is -0.837. The molecule has 0 fully saturated rings. The van der Waals surface area contributed by atoms with E-state index in [-0.39, 0.29) is 29.5 Å². The highest BCUT2D eigenvalue weighted by Gasteiger charge is 2.34. The molecule has 0 heterocycles. The standard InChI is InChI=1S/C34H36ClN3O4S/c1-4-36-34(40)32(21-27-14-7-5-8-15-27)37(23-28-16-12-11-13-25(28)2)33(39)24-38(29-20-19-26(3)31(35)22-29)43(41,42)30-17-9-6-10-18-30/h5-20,22,32H,4,21,23-24H2,1-3H3,(H,36,40)/t32-/m1/s1. The molecule has 0 unspecified atom stereocenters. The maximum absolute atomic E-state index is 14.4. The molecule has 0 saturated carbocycles. The van der Waals surface area contributed by atoms with Crippen molar-refractivity contribution in [3.63, 3.8) is 0 Å². The van der Waals surface area contributed by atoms with Crippen LogP contribution in [0.25, 0.3) is 0 Å². The lowest BCUT2D eigenvalue weighted by atomic mass is 10.0. The number of hydrogen-bond acceptors (Lipinski definition) is 4. The monoisotopic (exact) mass is 617 g/mol. The molecule has 43 heavy (non-hydrogen) atoms. The molecule has 1 N–H and O–H groups in total. The predicted octanol–water partition coefficient (Wildman–Crippen LogP) is 5.93. The number of amides is 2. The number of nitrogens with one attached hydrogen (secondary N) is 1. The van der Waals surface area contributed by atoms with Crippen molar-refractivity contribution in [1.82, 2.24) is 10.2 Å². The van der Waals surface area contributed by atoms with E-state index in [1.54, 1.807) is 36.4 Å². The third kappa shape index (κ3) is 7.83. The van der Waals surface area contributed by atoms with Crippen LogP contribution in [0.4, 0.5) is 5.69 Å². The highest BCUT2D eigenvalue weighted by atomic mass is 35.5. The van der Waals surface area contributed by atoms with Crippen molar-refractivity contribution in [2.45, 2.75) is 44.7 Å². The Labute approximate surface area is 259 Å². The van der Waals surface area contributed by atoms with Crippen LogP contribution in [0.3, 0.4) is 0 Å². The highest BCUT2D eigenvalue weighted by molar-refractivity contribution is 7.92. The summed E-state index contributed by atoms with van der Waals surface area (Å²) in [4.78, 5) is 29.5. The molecule has 2 amide bonds. The van der Waals surface area contributed by atoms with Crippen molar-refractivity contribution in [3.05, 3.63) is 130 Å². The number of hydrogen-bond donors (Lipinski definition) is 1. The van der Waals surface area contributed by atoms with Gasteiger partial charge in [0.2, 0.25) is 11.8 Å². The van der Waals surface area contributed by atoms with Gasteiger partial charge in [0.1, 0.15) is 12.6 Å². The van der Waals surface area contributed by atoms with Gasteiger partial charge in [-0.3, -0.25) is 13.9 Å². The zero-order chi connectivity index (χ0) is 31.0. The number of rotatable bonds is 12. The Bertz CT molecular complexity index is 1660. The molecule has 4 aromatic rings. The van der Waals surface area contributed by atoms with E-state index in [1.165, 1.54) is 17.0 Å². The Kier molecular flexibility index (Phi) is 10.6. The minimum atomic E-state index is -4.18. The predicted molar refractivity (Wildman–Crippen MR) is 172 cm³/mol. The van der Waals surface area contributed by atoms with Crippen LogP contribution in [0.1, 0.15) is 29.2 Å². The lowest BCUT2D eigenvalue weighted by Gasteiger charge is -2.34. The molecule has 9 heteroatoms. The Morgan fingerprint density at radius 1 is 0.837 bits per heavy atom. The number of likely N-dealkylation sites (N-methyl/N-ethyl adjacent to an activating group) is 1. The number of carbonyl (C=O) groups excluding carboxylic acids is 2. The van der Waals surface area contributed by atoms with E-state index >= 15 is 0 Å². The van der Waals surface area contributed by atoms with Crippen molar-refractivity contribution in [1.29, 1.82) is 0 Å². The molecule has 7 nitrogen and oxygen atoms in total. The quantitative estimate of drug-likeness (QED) is 0.214. The summed E-state index contributed by atoms with van der Waals surface area (Å²) in [6, 6.07) is 29.1. The van der Waals surface area contributed by atoms with Gasteiger partial charge in [-0.2, -0.15) is 0 Å². The summed E-state index contributed by atoms with van der Waals surface area (Å²) < 4.78 is 29.1. The van der Waals surface area contributed by atoms with E-state index in [9.17, 15) is 18.0 Å². The van der Waals surface area contributed by atoms with E-state index in [4.69, 9.17) is 11.6 Å². The van der Waals surface area contributed by atoms with E-state index in [1.807, 2.05) is 75.4 Å². The van der Waals surface area contributed by atoms with Gasteiger partial charge in [-0.15, -0.1) is 0 Å². The number of sulfonamides is 1. The second-order valence-corrected chi connectivity index (χ2v) is 12.6. The van der Waals surface area contributed by atoms with Crippen molar-refractivity contribution in [2.75, 3.05) is 17.4 Å². The van der Waals surface area contributed by atoms with Gasteiger partial charge in [-0.25, -0.2) is 8.42 Å². The zero-order valence-electron chi connectivity index (χ0n) is 24.5. The Balaban J connectivity index is 1.81. The first-order valence-electron chi connectivity index (χ1n) is 14.1. The normalized spacial score (nSPS) is 11.9. The Morgan fingerprint density at radius 2 is 1.47 bits per heavy atom. The maximum Gasteiger partial charge on any atom is 0.264 e. The fourth-order valence-corrected chi connectivity index (χ4v) is 6.40. The molecule has 0 saturated heterocycles. The summed E-state index contributed by atoms with van der Waals surface area (Å²) in [5.41, 5.74) is 3.71. The molecule has 0 aliphatic heterocycles. The third-order valence-electron chi connectivity index (χ3n) is 7.28. The molecular weight excluding hydrogens is 582 g/mol. The first kappa shape index (κ1) is 31.8. The smallest absolute Gasteiger partial charge is 0.264 e. The van der Waals surface area contributed by atoms with Crippen LogP contribution >= 0.6 is 11.6 Å². The summed E-state index contributed by atoms with van der Waals surface area (Å²) in [6.45, 7) is 5.54. The van der Waals surface area contributed by atoms with Gasteiger partial charge in [0.15, 0.2) is 0 Å². The summed E-state index contributed by atoms with van der Waals surface area (Å²) >= 11 is 6.43. The summed E-state index contributed by atoms with van der Waals surface area (Å²) in [6.07, 6.45) is 0.256. The molecule has 4 aromatic carbocycles. The summed E-state index contributed by atoms with van der Waals surface area (Å²) in [5, 5.41) is 3.25. The first-order valence-corrected chi connectivity index (χ1v) is 15.9. The Hall–Kier alpha value is -4.14. The number of anilines is 1. The zero-order valence-corrected chi connectivity index (χ0v) is 26.1. The summed E-state index contributed by atoms with van der Waals surface area (Å²) in [7, 11) is -4.18. The second kappa shape index (κ2) is 14.4. The number of carbonyl (C=O) groups is 2. The molecule has 0 aromatic heterocycles. The first-order chi connectivity index (χ1) is 20.6. The molecular formula is C34H36ClN3O4S. The van der Waals surface area contributed by atoms with Gasteiger partial charge in [-0.05, 0) is 67.3 Å². The van der Waals surface area contributed by atoms with Crippen LogP contribution in [0.5, 0.6) is 0 Å². The topological polar surface area (TPSA) is 86.8 Å². The van der Waals surface area contributed by atoms with Gasteiger partial charge >= 0.3 is 0 Å². The van der Waals surface area contributed by atoms with Crippen molar-refractivity contribution >= 4 is 39.1 Å². The molecule has 4 rings (SSSR count). The lowest BCUT2D eigenvalue weighted by Crippen LogP contribution is -2.53. The van der Waals surface area contributed by atoms with Crippen LogP contribution in [-0.2, 0) is 32.6 Å². The van der Waals surface area contributed by atoms with Crippen molar-refractivity contribution < 1.29 is 18.0 Å². The van der Waals surface area contributed by atoms with Crippen LogP contribution in [0.2, 0.25) is 5.02 Å². The fraction of sp³-hybridized carbons (Fsp3) is 0.235. The van der Waals surface area contributed by atoms with Gasteiger partial charge in [0.25, 0.3) is 10.0 Å². The fourth-order valence-electron chi connectivity index (χ4n) is 4.80. The molecule has 1 atom stereocenters.